The molecule has 1 aromatic heterocycles. The molecular weight excluding hydrogens is 144 g/mol. The highest BCUT2D eigenvalue weighted by Gasteiger charge is 2.02. The lowest BCUT2D eigenvalue weighted by Gasteiger charge is -2.07. The molecule has 11 heavy (non-hydrogen) atoms. The minimum atomic E-state index is -0.368. The van der Waals surface area contributed by atoms with Crippen molar-refractivity contribution in [3.63, 3.8) is 0 Å². The number of aromatic nitrogens is 1. The third-order valence-electron chi connectivity index (χ3n) is 1.61. The van der Waals surface area contributed by atoms with Gasteiger partial charge < -0.3 is 15.4 Å². The molecule has 0 unspecified atom stereocenters. The Balaban J connectivity index is 3.37. The van der Waals surface area contributed by atoms with E-state index in [0.717, 1.165) is 0 Å². The van der Waals surface area contributed by atoms with Gasteiger partial charge in [0, 0.05) is 12.3 Å². The lowest BCUT2D eigenvalue weighted by Crippen LogP contribution is -2.14. The van der Waals surface area contributed by atoms with Gasteiger partial charge in [0.2, 0.25) is 5.43 Å². The number of nitrogens with two attached hydrogens (primary N) is 1. The molecule has 0 bridgehead atoms. The second kappa shape index (κ2) is 2.75. The molecule has 4 nitrogen and oxygen atoms in total. The van der Waals surface area contributed by atoms with Crippen LogP contribution in [-0.2, 0) is 6.67 Å². The first kappa shape index (κ1) is 7.81. The fraction of sp³-hybridized carbons (Fsp3) is 0.286. The second-order valence-corrected chi connectivity index (χ2v) is 2.27. The Morgan fingerprint density at radius 2 is 2.36 bits per heavy atom. The first-order chi connectivity index (χ1) is 5.16. The van der Waals surface area contributed by atoms with Crippen molar-refractivity contribution in [1.82, 2.24) is 4.57 Å². The highest BCUT2D eigenvalue weighted by molar-refractivity contribution is 5.24. The van der Waals surface area contributed by atoms with Crippen molar-refractivity contribution in [2.24, 2.45) is 5.73 Å². The summed E-state index contributed by atoms with van der Waals surface area (Å²) < 4.78 is 1.59. The predicted octanol–water partition coefficient (Wildman–Crippen LogP) is -0.221. The Labute approximate surface area is 63.9 Å². The molecule has 4 heteroatoms. The molecule has 0 spiro atoms. The average Bonchev–Trinajstić information content (AvgIpc) is 2.01. The van der Waals surface area contributed by atoms with Gasteiger partial charge >= 0.3 is 0 Å². The fourth-order valence-corrected chi connectivity index (χ4v) is 0.861. The smallest absolute Gasteiger partial charge is 0.223 e. The molecule has 0 radical (unpaired) electrons. The van der Waals surface area contributed by atoms with Gasteiger partial charge in [0.25, 0.3) is 0 Å². The zero-order chi connectivity index (χ0) is 8.43. The maximum Gasteiger partial charge on any atom is 0.223 e. The van der Waals surface area contributed by atoms with Crippen molar-refractivity contribution in [2.75, 3.05) is 0 Å². The summed E-state index contributed by atoms with van der Waals surface area (Å²) in [6, 6.07) is 1.29. The zero-order valence-corrected chi connectivity index (χ0v) is 6.24. The van der Waals surface area contributed by atoms with Crippen LogP contribution in [0.25, 0.3) is 0 Å². The minimum Gasteiger partial charge on any atom is -0.503 e. The molecule has 0 atom stereocenters. The summed E-state index contributed by atoms with van der Waals surface area (Å²) in [7, 11) is 0. The topological polar surface area (TPSA) is 68.2 Å². The van der Waals surface area contributed by atoms with Gasteiger partial charge in [-0.05, 0) is 6.92 Å². The van der Waals surface area contributed by atoms with E-state index in [4.69, 9.17) is 10.8 Å². The Hall–Kier alpha value is -1.29. The lowest BCUT2D eigenvalue weighted by atomic mass is 10.3. The van der Waals surface area contributed by atoms with Crippen LogP contribution in [0.5, 0.6) is 5.75 Å². The maximum atomic E-state index is 10.8. The summed E-state index contributed by atoms with van der Waals surface area (Å²) in [5.41, 5.74) is 5.45. The Morgan fingerprint density at radius 1 is 1.73 bits per heavy atom. The highest BCUT2D eigenvalue weighted by Crippen LogP contribution is 2.07. The first-order valence-corrected chi connectivity index (χ1v) is 3.26. The Kier molecular flexibility index (Phi) is 1.96. The normalized spacial score (nSPS) is 10.0. The summed E-state index contributed by atoms with van der Waals surface area (Å²) in [4.78, 5) is 10.8. The number of rotatable bonds is 1. The van der Waals surface area contributed by atoms with E-state index in [9.17, 15) is 4.79 Å². The van der Waals surface area contributed by atoms with Crippen LogP contribution in [0.1, 0.15) is 5.69 Å². The van der Waals surface area contributed by atoms with Gasteiger partial charge in [-0.1, -0.05) is 0 Å². The van der Waals surface area contributed by atoms with Crippen molar-refractivity contribution in [3.05, 3.63) is 28.2 Å². The van der Waals surface area contributed by atoms with E-state index in [0.29, 0.717) is 5.69 Å². The maximum absolute atomic E-state index is 10.8. The predicted molar refractivity (Wildman–Crippen MR) is 41.3 cm³/mol. The van der Waals surface area contributed by atoms with E-state index < -0.39 is 0 Å². The van der Waals surface area contributed by atoms with Crippen LogP contribution in [0.3, 0.4) is 0 Å². The van der Waals surface area contributed by atoms with Crippen LogP contribution < -0.4 is 11.2 Å². The van der Waals surface area contributed by atoms with Gasteiger partial charge in [-0.3, -0.25) is 4.79 Å². The monoisotopic (exact) mass is 154 g/mol. The quantitative estimate of drug-likeness (QED) is 0.587. The van der Waals surface area contributed by atoms with Crippen LogP contribution >= 0.6 is 0 Å². The molecule has 0 aliphatic carbocycles. The standard InChI is InChI=1S/C7H10N2O2/c1-5-7(11)6(10)2-3-9(5)4-8/h2-3,11H,4,8H2,1H3. The van der Waals surface area contributed by atoms with Gasteiger partial charge in [0.05, 0.1) is 12.4 Å². The van der Waals surface area contributed by atoms with Crippen LogP contribution in [0, 0.1) is 6.92 Å². The van der Waals surface area contributed by atoms with Gasteiger partial charge in [-0.15, -0.1) is 0 Å². The molecule has 0 aliphatic rings. The molecule has 3 N–H and O–H groups in total. The van der Waals surface area contributed by atoms with Crippen molar-refractivity contribution in [3.8, 4) is 5.75 Å². The average molecular weight is 154 g/mol. The summed E-state index contributed by atoms with van der Waals surface area (Å²) >= 11 is 0. The van der Waals surface area contributed by atoms with Crippen molar-refractivity contribution in [1.29, 1.82) is 0 Å². The minimum absolute atomic E-state index is 0.224. The van der Waals surface area contributed by atoms with Crippen LogP contribution in [0.4, 0.5) is 0 Å². The Morgan fingerprint density at radius 3 is 2.91 bits per heavy atom. The van der Waals surface area contributed by atoms with E-state index in [1.165, 1.54) is 6.07 Å². The zero-order valence-electron chi connectivity index (χ0n) is 6.24. The van der Waals surface area contributed by atoms with Gasteiger partial charge in [0.1, 0.15) is 0 Å². The number of aromatic hydroxyl groups is 1. The molecule has 1 aromatic rings. The molecule has 0 saturated heterocycles. The van der Waals surface area contributed by atoms with E-state index in [1.54, 1.807) is 17.7 Å². The van der Waals surface area contributed by atoms with E-state index in [1.807, 2.05) is 0 Å². The molecule has 0 aliphatic heterocycles. The van der Waals surface area contributed by atoms with Crippen molar-refractivity contribution < 1.29 is 5.11 Å². The van der Waals surface area contributed by atoms with E-state index >= 15 is 0 Å². The number of nitrogens with zero attached hydrogens (tertiary/aromatic N) is 1. The summed E-state index contributed by atoms with van der Waals surface area (Å²) in [5, 5.41) is 9.13. The summed E-state index contributed by atoms with van der Waals surface area (Å²) in [6.45, 7) is 1.91. The van der Waals surface area contributed by atoms with Crippen LogP contribution in [-0.4, -0.2) is 9.67 Å². The number of pyridine rings is 1. The van der Waals surface area contributed by atoms with Crippen molar-refractivity contribution >= 4 is 0 Å². The third kappa shape index (κ3) is 1.25. The highest BCUT2D eigenvalue weighted by atomic mass is 16.3. The van der Waals surface area contributed by atoms with Gasteiger partial charge in [-0.25, -0.2) is 0 Å². The van der Waals surface area contributed by atoms with Crippen LogP contribution in [0.15, 0.2) is 17.1 Å². The first-order valence-electron chi connectivity index (χ1n) is 3.26. The van der Waals surface area contributed by atoms with Gasteiger partial charge in [-0.2, -0.15) is 0 Å². The number of hydrogen-bond donors (Lipinski definition) is 2. The molecule has 0 saturated carbocycles. The number of hydrogen-bond acceptors (Lipinski definition) is 3. The molecular formula is C7H10N2O2. The second-order valence-electron chi connectivity index (χ2n) is 2.27. The summed E-state index contributed by atoms with van der Waals surface area (Å²) in [5.74, 6) is -0.224. The molecule has 1 rings (SSSR count). The van der Waals surface area contributed by atoms with Gasteiger partial charge in [0.15, 0.2) is 5.75 Å². The largest absolute Gasteiger partial charge is 0.503 e. The van der Waals surface area contributed by atoms with Crippen molar-refractivity contribution in [2.45, 2.75) is 13.6 Å². The SMILES string of the molecule is Cc1c(O)c(=O)ccn1CN. The molecule has 0 fully saturated rings. The summed E-state index contributed by atoms with van der Waals surface area (Å²) in [6.07, 6.45) is 1.55. The Bertz CT molecular complexity index is 317. The lowest BCUT2D eigenvalue weighted by molar-refractivity contribution is 0.453. The molecule has 0 aromatic carbocycles. The molecule has 1 heterocycles. The molecule has 0 amide bonds. The fourth-order valence-electron chi connectivity index (χ4n) is 0.861. The van der Waals surface area contributed by atoms with Crippen LogP contribution in [0.2, 0.25) is 0 Å². The van der Waals surface area contributed by atoms with E-state index in [-0.39, 0.29) is 17.8 Å². The van der Waals surface area contributed by atoms with E-state index in [2.05, 4.69) is 0 Å². The molecule has 60 valence electrons. The third-order valence-corrected chi connectivity index (χ3v) is 1.61.